The summed E-state index contributed by atoms with van der Waals surface area (Å²) in [7, 11) is 0. The van der Waals surface area contributed by atoms with Crippen LogP contribution in [0.2, 0.25) is 10.0 Å². The predicted molar refractivity (Wildman–Crippen MR) is 108 cm³/mol. The summed E-state index contributed by atoms with van der Waals surface area (Å²) in [5.41, 5.74) is 1.65. The summed E-state index contributed by atoms with van der Waals surface area (Å²) < 4.78 is 16.8. The van der Waals surface area contributed by atoms with Crippen molar-refractivity contribution in [2.75, 3.05) is 0 Å². The maximum atomic E-state index is 16.2. The summed E-state index contributed by atoms with van der Waals surface area (Å²) in [6, 6.07) is 13.2. The van der Waals surface area contributed by atoms with Crippen LogP contribution in [-0.2, 0) is 12.2 Å². The zero-order chi connectivity index (χ0) is 20.1. The van der Waals surface area contributed by atoms with E-state index in [-0.39, 0.29) is 22.6 Å². The second-order valence-corrected chi connectivity index (χ2v) is 8.19. The number of hydrogen-bond donors (Lipinski definition) is 1. The minimum atomic E-state index is -2.48. The van der Waals surface area contributed by atoms with Crippen LogP contribution in [0.5, 0.6) is 0 Å². The number of carbonyl (C=O) groups is 1. The molecule has 1 aromatic heterocycles. The second-order valence-electron chi connectivity index (χ2n) is 6.40. The molecular weight excluding hydrogens is 470 g/mol. The standard InChI is InChI=1S/C20H12BrCl2FN2O2/c21-12-7-16(11-1-3-13(22)4-2-11)18-17(8-12)19(27)26(28)20(18,24)9-15-6-5-14(23)10-25-15/h1-8,10,28H,9H2. The zero-order valence-electron chi connectivity index (χ0n) is 14.2. The van der Waals surface area contributed by atoms with Gasteiger partial charge in [-0.3, -0.25) is 15.0 Å². The number of fused-ring (bicyclic) bond motifs is 1. The number of hydroxylamine groups is 2. The molecule has 1 aliphatic heterocycles. The van der Waals surface area contributed by atoms with E-state index in [0.717, 1.165) is 0 Å². The quantitative estimate of drug-likeness (QED) is 0.367. The van der Waals surface area contributed by atoms with Gasteiger partial charge in [0.25, 0.3) is 5.91 Å². The molecule has 2 heterocycles. The van der Waals surface area contributed by atoms with Crippen LogP contribution in [0.3, 0.4) is 0 Å². The third-order valence-corrected chi connectivity index (χ3v) is 5.54. The van der Waals surface area contributed by atoms with Gasteiger partial charge in [-0.1, -0.05) is 51.3 Å². The number of alkyl halides is 1. The van der Waals surface area contributed by atoms with Crippen molar-refractivity contribution in [3.8, 4) is 11.1 Å². The van der Waals surface area contributed by atoms with Crippen molar-refractivity contribution in [1.82, 2.24) is 10.0 Å². The van der Waals surface area contributed by atoms with Crippen LogP contribution in [-0.4, -0.2) is 21.2 Å². The molecule has 2 aromatic carbocycles. The van der Waals surface area contributed by atoms with Crippen molar-refractivity contribution in [2.45, 2.75) is 12.2 Å². The second kappa shape index (κ2) is 7.12. The molecule has 0 bridgehead atoms. The fourth-order valence-electron chi connectivity index (χ4n) is 3.34. The molecular formula is C20H12BrCl2FN2O2. The Labute approximate surface area is 178 Å². The highest BCUT2D eigenvalue weighted by atomic mass is 79.9. The molecule has 1 N–H and O–H groups in total. The van der Waals surface area contributed by atoms with Crippen LogP contribution in [0.15, 0.2) is 59.2 Å². The Balaban J connectivity index is 1.91. The lowest BCUT2D eigenvalue weighted by Crippen LogP contribution is -2.40. The average molecular weight is 482 g/mol. The van der Waals surface area contributed by atoms with Gasteiger partial charge in [0, 0.05) is 33.4 Å². The molecule has 0 aliphatic carbocycles. The lowest BCUT2D eigenvalue weighted by Gasteiger charge is -2.28. The normalized spacial score (nSPS) is 18.5. The Morgan fingerprint density at radius 3 is 2.36 bits per heavy atom. The maximum absolute atomic E-state index is 16.2. The molecule has 1 unspecified atom stereocenters. The molecule has 1 amide bonds. The van der Waals surface area contributed by atoms with E-state index >= 15 is 4.39 Å². The first kappa shape index (κ1) is 19.3. The van der Waals surface area contributed by atoms with Crippen molar-refractivity contribution < 1.29 is 14.4 Å². The number of carbonyl (C=O) groups excluding carboxylic acids is 1. The smallest absolute Gasteiger partial charge is 0.281 e. The Hall–Kier alpha value is -1.99. The van der Waals surface area contributed by atoms with Gasteiger partial charge in [0.2, 0.25) is 5.79 Å². The number of amides is 1. The molecule has 0 saturated carbocycles. The summed E-state index contributed by atoms with van der Waals surface area (Å²) in [6.07, 6.45) is 1.06. The minimum Gasteiger partial charge on any atom is -0.282 e. The summed E-state index contributed by atoms with van der Waals surface area (Å²) in [5.74, 6) is -3.30. The average Bonchev–Trinajstić information content (AvgIpc) is 2.85. The third-order valence-electron chi connectivity index (χ3n) is 4.60. The maximum Gasteiger partial charge on any atom is 0.281 e. The van der Waals surface area contributed by atoms with Crippen molar-refractivity contribution in [3.05, 3.63) is 86.1 Å². The number of nitrogens with zero attached hydrogens (tertiary/aromatic N) is 2. The minimum absolute atomic E-state index is 0.0817. The first-order chi connectivity index (χ1) is 13.3. The Kier molecular flexibility index (Phi) is 4.91. The lowest BCUT2D eigenvalue weighted by atomic mass is 9.89. The molecule has 0 spiro atoms. The Morgan fingerprint density at radius 1 is 1.07 bits per heavy atom. The number of halogens is 4. The van der Waals surface area contributed by atoms with Gasteiger partial charge in [0.1, 0.15) is 0 Å². The van der Waals surface area contributed by atoms with Crippen LogP contribution >= 0.6 is 39.1 Å². The predicted octanol–water partition coefficient (Wildman–Crippen LogP) is 6.03. The molecule has 1 atom stereocenters. The first-order valence-electron chi connectivity index (χ1n) is 8.22. The molecule has 0 saturated heterocycles. The van der Waals surface area contributed by atoms with Crippen LogP contribution < -0.4 is 0 Å². The molecule has 0 radical (unpaired) electrons. The van der Waals surface area contributed by atoms with Crippen molar-refractivity contribution in [2.24, 2.45) is 0 Å². The van der Waals surface area contributed by atoms with Gasteiger partial charge < -0.3 is 0 Å². The van der Waals surface area contributed by atoms with Gasteiger partial charge in [-0.2, -0.15) is 5.06 Å². The molecule has 4 nitrogen and oxygen atoms in total. The van der Waals surface area contributed by atoms with Crippen LogP contribution in [0.1, 0.15) is 21.6 Å². The zero-order valence-corrected chi connectivity index (χ0v) is 17.3. The monoisotopic (exact) mass is 480 g/mol. The van der Waals surface area contributed by atoms with Gasteiger partial charge in [-0.15, -0.1) is 0 Å². The van der Waals surface area contributed by atoms with E-state index in [0.29, 0.717) is 31.3 Å². The molecule has 3 aromatic rings. The first-order valence-corrected chi connectivity index (χ1v) is 9.77. The van der Waals surface area contributed by atoms with E-state index in [1.54, 1.807) is 42.5 Å². The van der Waals surface area contributed by atoms with Crippen LogP contribution in [0.4, 0.5) is 4.39 Å². The van der Waals surface area contributed by atoms with Crippen molar-refractivity contribution in [3.63, 3.8) is 0 Å². The SMILES string of the molecule is O=C1c2cc(Br)cc(-c3ccc(Cl)cc3)c2C(F)(Cc2ccc(Cl)cn2)N1O. The molecule has 4 rings (SSSR count). The highest BCUT2D eigenvalue weighted by molar-refractivity contribution is 9.10. The van der Waals surface area contributed by atoms with Crippen LogP contribution in [0, 0.1) is 0 Å². The highest BCUT2D eigenvalue weighted by Crippen LogP contribution is 2.47. The van der Waals surface area contributed by atoms with E-state index in [2.05, 4.69) is 20.9 Å². The summed E-state index contributed by atoms with van der Waals surface area (Å²) in [5, 5.41) is 11.5. The molecule has 8 heteroatoms. The van der Waals surface area contributed by atoms with Crippen molar-refractivity contribution >= 4 is 45.0 Å². The van der Waals surface area contributed by atoms with E-state index in [9.17, 15) is 10.0 Å². The lowest BCUT2D eigenvalue weighted by molar-refractivity contribution is -0.185. The van der Waals surface area contributed by atoms with E-state index < -0.39 is 11.7 Å². The van der Waals surface area contributed by atoms with Gasteiger partial charge in [0.05, 0.1) is 10.6 Å². The van der Waals surface area contributed by atoms with Gasteiger partial charge in [-0.25, -0.2) is 4.39 Å². The number of aromatic nitrogens is 1. The fourth-order valence-corrected chi connectivity index (χ4v) is 4.04. The van der Waals surface area contributed by atoms with Gasteiger partial charge in [0.15, 0.2) is 0 Å². The Morgan fingerprint density at radius 2 is 1.71 bits per heavy atom. The van der Waals surface area contributed by atoms with Gasteiger partial charge in [-0.05, 0) is 47.5 Å². The highest BCUT2D eigenvalue weighted by Gasteiger charge is 2.52. The Bertz CT molecular complexity index is 1080. The van der Waals surface area contributed by atoms with Crippen molar-refractivity contribution in [1.29, 1.82) is 0 Å². The number of benzene rings is 2. The molecule has 0 fully saturated rings. The van der Waals surface area contributed by atoms with E-state index in [4.69, 9.17) is 23.2 Å². The molecule has 142 valence electrons. The summed E-state index contributed by atoms with van der Waals surface area (Å²) in [4.78, 5) is 16.7. The summed E-state index contributed by atoms with van der Waals surface area (Å²) in [6.45, 7) is 0. The largest absolute Gasteiger partial charge is 0.282 e. The number of pyridine rings is 1. The topological polar surface area (TPSA) is 53.4 Å². The summed E-state index contributed by atoms with van der Waals surface area (Å²) >= 11 is 15.2. The number of hydrogen-bond acceptors (Lipinski definition) is 3. The van der Waals surface area contributed by atoms with Gasteiger partial charge >= 0.3 is 0 Å². The fraction of sp³-hybridized carbons (Fsp3) is 0.100. The van der Waals surface area contributed by atoms with E-state index in [1.807, 2.05) is 0 Å². The molecule has 1 aliphatic rings. The molecule has 28 heavy (non-hydrogen) atoms. The van der Waals surface area contributed by atoms with E-state index in [1.165, 1.54) is 12.3 Å². The third kappa shape index (κ3) is 3.20. The number of rotatable bonds is 3. The van der Waals surface area contributed by atoms with Crippen LogP contribution in [0.25, 0.3) is 11.1 Å².